The Morgan fingerprint density at radius 1 is 1.10 bits per heavy atom. The Balaban J connectivity index is 1.31. The third-order valence-corrected chi connectivity index (χ3v) is 5.95. The molecule has 2 N–H and O–H groups in total. The smallest absolute Gasteiger partial charge is 0.261 e. The summed E-state index contributed by atoms with van der Waals surface area (Å²) in [5, 5.41) is 11.1. The van der Waals surface area contributed by atoms with E-state index in [1.807, 2.05) is 42.5 Å². The Morgan fingerprint density at radius 2 is 1.90 bits per heavy atom. The van der Waals surface area contributed by atoms with Gasteiger partial charge in [0.05, 0.1) is 17.5 Å². The number of anilines is 1. The van der Waals surface area contributed by atoms with Crippen molar-refractivity contribution >= 4 is 34.0 Å². The summed E-state index contributed by atoms with van der Waals surface area (Å²) in [4.78, 5) is 18.3. The van der Waals surface area contributed by atoms with E-state index in [0.717, 1.165) is 22.4 Å². The standard InChI is InChI=1S/C22H17ClN4O3S/c23-15-4-1-13(2-5-15)9-16-11-24-22(31-16)26-21(28)17-12-25-27-20(17)14-3-6-18-19(10-14)30-8-7-29-18/h1-6,10-12H,7-9H2,(H,25,27)(H,24,26,28). The lowest BCUT2D eigenvalue weighted by Gasteiger charge is -2.18. The molecule has 1 amide bonds. The van der Waals surface area contributed by atoms with E-state index < -0.39 is 0 Å². The second-order valence-corrected chi connectivity index (χ2v) is 8.46. The van der Waals surface area contributed by atoms with E-state index in [2.05, 4.69) is 20.5 Å². The molecule has 0 unspecified atom stereocenters. The third kappa shape index (κ3) is 4.26. The Hall–Kier alpha value is -3.36. The van der Waals surface area contributed by atoms with Gasteiger partial charge in [-0.05, 0) is 35.9 Å². The summed E-state index contributed by atoms with van der Waals surface area (Å²) in [5.41, 5.74) is 2.94. The van der Waals surface area contributed by atoms with Crippen LogP contribution in [0.25, 0.3) is 11.3 Å². The van der Waals surface area contributed by atoms with Crippen LogP contribution in [0.3, 0.4) is 0 Å². The molecule has 156 valence electrons. The molecule has 0 saturated carbocycles. The van der Waals surface area contributed by atoms with Crippen molar-refractivity contribution < 1.29 is 14.3 Å². The van der Waals surface area contributed by atoms with Crippen molar-refractivity contribution in [3.8, 4) is 22.8 Å². The van der Waals surface area contributed by atoms with Gasteiger partial charge in [0.1, 0.15) is 13.2 Å². The first kappa shape index (κ1) is 19.6. The van der Waals surface area contributed by atoms with Crippen LogP contribution in [0.5, 0.6) is 11.5 Å². The molecule has 2 aromatic heterocycles. The maximum Gasteiger partial charge on any atom is 0.261 e. The van der Waals surface area contributed by atoms with E-state index in [9.17, 15) is 4.79 Å². The summed E-state index contributed by atoms with van der Waals surface area (Å²) in [6.45, 7) is 1.02. The molecule has 0 saturated heterocycles. The number of rotatable bonds is 5. The minimum Gasteiger partial charge on any atom is -0.486 e. The van der Waals surface area contributed by atoms with Crippen molar-refractivity contribution in [1.29, 1.82) is 0 Å². The highest BCUT2D eigenvalue weighted by Gasteiger charge is 2.19. The second-order valence-electron chi connectivity index (χ2n) is 6.91. The lowest BCUT2D eigenvalue weighted by molar-refractivity contribution is 0.102. The fraction of sp³-hybridized carbons (Fsp3) is 0.136. The van der Waals surface area contributed by atoms with Crippen molar-refractivity contribution in [3.63, 3.8) is 0 Å². The number of nitrogens with zero attached hydrogens (tertiary/aromatic N) is 2. The van der Waals surface area contributed by atoms with E-state index in [1.54, 1.807) is 6.20 Å². The maximum absolute atomic E-state index is 12.9. The van der Waals surface area contributed by atoms with E-state index >= 15 is 0 Å². The van der Waals surface area contributed by atoms with Gasteiger partial charge in [0.2, 0.25) is 0 Å². The molecule has 4 aromatic rings. The molecule has 0 radical (unpaired) electrons. The number of H-pyrrole nitrogens is 1. The van der Waals surface area contributed by atoms with Gasteiger partial charge in [-0.1, -0.05) is 23.7 Å². The molecule has 2 aromatic carbocycles. The predicted octanol–water partition coefficient (Wildman–Crippen LogP) is 4.80. The average Bonchev–Trinajstić information content (AvgIpc) is 3.45. The van der Waals surface area contributed by atoms with Crippen molar-refractivity contribution in [2.75, 3.05) is 18.5 Å². The Morgan fingerprint density at radius 3 is 2.74 bits per heavy atom. The second kappa shape index (κ2) is 8.41. The highest BCUT2D eigenvalue weighted by atomic mass is 35.5. The first-order valence-electron chi connectivity index (χ1n) is 9.59. The highest BCUT2D eigenvalue weighted by molar-refractivity contribution is 7.15. The monoisotopic (exact) mass is 452 g/mol. The summed E-state index contributed by atoms with van der Waals surface area (Å²) in [5.74, 6) is 1.05. The van der Waals surface area contributed by atoms with Crippen LogP contribution in [0.2, 0.25) is 5.02 Å². The van der Waals surface area contributed by atoms with Gasteiger partial charge in [-0.2, -0.15) is 5.10 Å². The molecule has 9 heteroatoms. The minimum atomic E-state index is -0.286. The number of amides is 1. The van der Waals surface area contributed by atoms with Crippen molar-refractivity contribution in [1.82, 2.24) is 15.2 Å². The molecule has 0 spiro atoms. The number of benzene rings is 2. The molecule has 0 bridgehead atoms. The summed E-state index contributed by atoms with van der Waals surface area (Å²) < 4.78 is 11.2. The molecule has 0 atom stereocenters. The van der Waals surface area contributed by atoms with Gasteiger partial charge >= 0.3 is 0 Å². The zero-order valence-corrected chi connectivity index (χ0v) is 17.8. The van der Waals surface area contributed by atoms with Crippen molar-refractivity contribution in [3.05, 3.63) is 75.9 Å². The first-order chi connectivity index (χ1) is 15.2. The van der Waals surface area contributed by atoms with Crippen LogP contribution in [-0.2, 0) is 6.42 Å². The predicted molar refractivity (Wildman–Crippen MR) is 119 cm³/mol. The number of hydrogen-bond acceptors (Lipinski definition) is 6. The number of fused-ring (bicyclic) bond motifs is 1. The van der Waals surface area contributed by atoms with Gasteiger partial charge in [-0.3, -0.25) is 15.2 Å². The number of carbonyl (C=O) groups excluding carboxylic acids is 1. The van der Waals surface area contributed by atoms with Gasteiger partial charge in [0, 0.05) is 28.1 Å². The third-order valence-electron chi connectivity index (χ3n) is 4.78. The summed E-state index contributed by atoms with van der Waals surface area (Å²) in [6.07, 6.45) is 3.99. The number of hydrogen-bond donors (Lipinski definition) is 2. The largest absolute Gasteiger partial charge is 0.486 e. The lowest BCUT2D eigenvalue weighted by atomic mass is 10.1. The van der Waals surface area contributed by atoms with Crippen LogP contribution >= 0.6 is 22.9 Å². The quantitative estimate of drug-likeness (QED) is 0.454. The molecule has 0 aliphatic carbocycles. The fourth-order valence-corrected chi connectivity index (χ4v) is 4.26. The van der Waals surface area contributed by atoms with Crippen LogP contribution in [0.15, 0.2) is 54.9 Å². The first-order valence-corrected chi connectivity index (χ1v) is 10.8. The SMILES string of the molecule is O=C(Nc1ncc(Cc2ccc(Cl)cc2)s1)c1cn[nH]c1-c1ccc2c(c1)OCCO2. The zero-order valence-electron chi connectivity index (χ0n) is 16.2. The molecule has 0 fully saturated rings. The summed E-state index contributed by atoms with van der Waals surface area (Å²) in [6, 6.07) is 13.2. The van der Waals surface area contributed by atoms with Crippen LogP contribution in [-0.4, -0.2) is 34.3 Å². The number of ether oxygens (including phenoxy) is 2. The number of aromatic nitrogens is 3. The van der Waals surface area contributed by atoms with E-state index in [-0.39, 0.29) is 5.91 Å². The fourth-order valence-electron chi connectivity index (χ4n) is 3.29. The van der Waals surface area contributed by atoms with E-state index in [1.165, 1.54) is 17.5 Å². The number of nitrogens with one attached hydrogen (secondary N) is 2. The van der Waals surface area contributed by atoms with Crippen molar-refractivity contribution in [2.24, 2.45) is 0 Å². The van der Waals surface area contributed by atoms with E-state index in [0.29, 0.717) is 46.1 Å². The lowest BCUT2D eigenvalue weighted by Crippen LogP contribution is -2.15. The number of carbonyl (C=O) groups is 1. The normalized spacial score (nSPS) is 12.5. The highest BCUT2D eigenvalue weighted by Crippen LogP contribution is 2.35. The number of thiazole rings is 1. The average molecular weight is 453 g/mol. The molecule has 3 heterocycles. The topological polar surface area (TPSA) is 89.1 Å². The Labute approximate surface area is 187 Å². The summed E-state index contributed by atoms with van der Waals surface area (Å²) >= 11 is 7.37. The van der Waals surface area contributed by atoms with Crippen molar-refractivity contribution in [2.45, 2.75) is 6.42 Å². The molecule has 1 aliphatic heterocycles. The molecular formula is C22H17ClN4O3S. The number of halogens is 1. The summed E-state index contributed by atoms with van der Waals surface area (Å²) in [7, 11) is 0. The maximum atomic E-state index is 12.9. The van der Waals surface area contributed by atoms with Crippen LogP contribution < -0.4 is 14.8 Å². The van der Waals surface area contributed by atoms with Crippen LogP contribution in [0.1, 0.15) is 20.8 Å². The molecule has 5 rings (SSSR count). The molecule has 1 aliphatic rings. The van der Waals surface area contributed by atoms with Gasteiger partial charge < -0.3 is 9.47 Å². The number of aromatic amines is 1. The van der Waals surface area contributed by atoms with Crippen LogP contribution in [0.4, 0.5) is 5.13 Å². The van der Waals surface area contributed by atoms with Crippen LogP contribution in [0, 0.1) is 0 Å². The Kier molecular flexibility index (Phi) is 5.31. The minimum absolute atomic E-state index is 0.286. The van der Waals surface area contributed by atoms with E-state index in [4.69, 9.17) is 21.1 Å². The van der Waals surface area contributed by atoms with Gasteiger partial charge in [-0.25, -0.2) is 4.98 Å². The molecular weight excluding hydrogens is 436 g/mol. The molecule has 31 heavy (non-hydrogen) atoms. The Bertz CT molecular complexity index is 1240. The van der Waals surface area contributed by atoms with Gasteiger partial charge in [-0.15, -0.1) is 11.3 Å². The molecule has 7 nitrogen and oxygen atoms in total. The zero-order chi connectivity index (χ0) is 21.2. The van der Waals surface area contributed by atoms with Gasteiger partial charge in [0.25, 0.3) is 5.91 Å². The van der Waals surface area contributed by atoms with Gasteiger partial charge in [0.15, 0.2) is 16.6 Å².